The van der Waals surface area contributed by atoms with Crippen molar-refractivity contribution >= 4 is 0 Å². The zero-order chi connectivity index (χ0) is 17.3. The van der Waals surface area contributed by atoms with Crippen LogP contribution in [0.3, 0.4) is 0 Å². The Balaban J connectivity index is 1.83. The van der Waals surface area contributed by atoms with Gasteiger partial charge < -0.3 is 4.90 Å². The molecule has 24 heavy (non-hydrogen) atoms. The van der Waals surface area contributed by atoms with E-state index in [4.69, 9.17) is 0 Å². The molecule has 1 rings (SSSR count). The smallest absolute Gasteiger partial charge is 0.00161 e. The highest BCUT2D eigenvalue weighted by Crippen LogP contribution is 2.23. The first kappa shape index (κ1) is 22.0. The summed E-state index contributed by atoms with van der Waals surface area (Å²) >= 11 is 0. The number of nitrogens with zero attached hydrogens (tertiary/aromatic N) is 1. The fraction of sp³-hybridized carbons (Fsp3) is 1.00. The van der Waals surface area contributed by atoms with Gasteiger partial charge in [-0.05, 0) is 44.8 Å². The van der Waals surface area contributed by atoms with Crippen LogP contribution in [0.5, 0.6) is 0 Å². The van der Waals surface area contributed by atoms with Crippen molar-refractivity contribution in [1.29, 1.82) is 0 Å². The summed E-state index contributed by atoms with van der Waals surface area (Å²) in [5.41, 5.74) is 0. The largest absolute Gasteiger partial charge is 0.303 e. The van der Waals surface area contributed by atoms with Gasteiger partial charge >= 0.3 is 0 Å². The van der Waals surface area contributed by atoms with E-state index in [0.717, 1.165) is 5.92 Å². The topological polar surface area (TPSA) is 3.24 Å². The van der Waals surface area contributed by atoms with Gasteiger partial charge in [-0.25, -0.2) is 0 Å². The van der Waals surface area contributed by atoms with Gasteiger partial charge in [-0.15, -0.1) is 0 Å². The predicted molar refractivity (Wildman–Crippen MR) is 110 cm³/mol. The Labute approximate surface area is 154 Å². The molecule has 0 N–H and O–H groups in total. The molecule has 0 atom stereocenters. The molecule has 0 aliphatic carbocycles. The lowest BCUT2D eigenvalue weighted by Crippen LogP contribution is -2.34. The van der Waals surface area contributed by atoms with Crippen molar-refractivity contribution < 1.29 is 0 Å². The second kappa shape index (κ2) is 16.4. The third-order valence-electron chi connectivity index (χ3n) is 6.00. The van der Waals surface area contributed by atoms with Crippen LogP contribution in [0.25, 0.3) is 0 Å². The van der Waals surface area contributed by atoms with Gasteiger partial charge in [0.15, 0.2) is 0 Å². The van der Waals surface area contributed by atoms with Crippen molar-refractivity contribution in [3.63, 3.8) is 0 Å². The molecule has 0 aromatic rings. The average molecular weight is 338 g/mol. The quantitative estimate of drug-likeness (QED) is 0.262. The predicted octanol–water partition coefficient (Wildman–Crippen LogP) is 7.59. The molecule has 1 saturated heterocycles. The average Bonchev–Trinajstić information content (AvgIpc) is 2.61. The summed E-state index contributed by atoms with van der Waals surface area (Å²) in [5.74, 6) is 1.05. The fourth-order valence-corrected chi connectivity index (χ4v) is 4.18. The number of rotatable bonds is 16. The molecule has 0 saturated carbocycles. The van der Waals surface area contributed by atoms with E-state index in [1.54, 1.807) is 0 Å². The van der Waals surface area contributed by atoms with Crippen LogP contribution in [0.2, 0.25) is 0 Å². The molecule has 1 nitrogen and oxygen atoms in total. The minimum absolute atomic E-state index is 1.05. The Morgan fingerprint density at radius 3 is 1.58 bits per heavy atom. The fourth-order valence-electron chi connectivity index (χ4n) is 4.18. The summed E-state index contributed by atoms with van der Waals surface area (Å²) < 4.78 is 0. The number of hydrogen-bond donors (Lipinski definition) is 0. The number of likely N-dealkylation sites (tertiary alicyclic amines) is 1. The molecular formula is C23H47N. The van der Waals surface area contributed by atoms with E-state index in [-0.39, 0.29) is 0 Å². The maximum Gasteiger partial charge on any atom is -0.00161 e. The van der Waals surface area contributed by atoms with Gasteiger partial charge in [0, 0.05) is 0 Å². The zero-order valence-corrected chi connectivity index (χ0v) is 17.2. The van der Waals surface area contributed by atoms with Gasteiger partial charge in [0.05, 0.1) is 0 Å². The van der Waals surface area contributed by atoms with Gasteiger partial charge in [0.2, 0.25) is 0 Å². The van der Waals surface area contributed by atoms with Crippen LogP contribution in [0.4, 0.5) is 0 Å². The molecule has 0 aromatic carbocycles. The molecule has 0 aromatic heterocycles. The first-order valence-electron chi connectivity index (χ1n) is 11.6. The van der Waals surface area contributed by atoms with Crippen molar-refractivity contribution in [2.45, 2.75) is 123 Å². The van der Waals surface area contributed by atoms with E-state index in [2.05, 4.69) is 18.7 Å². The van der Waals surface area contributed by atoms with Crippen LogP contribution < -0.4 is 0 Å². The molecule has 0 spiro atoms. The summed E-state index contributed by atoms with van der Waals surface area (Å²) in [6.45, 7) is 8.74. The van der Waals surface area contributed by atoms with Gasteiger partial charge in [0.1, 0.15) is 0 Å². The molecule has 1 fully saturated rings. The number of hydrogen-bond acceptors (Lipinski definition) is 1. The van der Waals surface area contributed by atoms with Crippen LogP contribution in [-0.2, 0) is 0 Å². The van der Waals surface area contributed by atoms with Crippen LogP contribution in [0, 0.1) is 5.92 Å². The molecule has 1 heteroatoms. The summed E-state index contributed by atoms with van der Waals surface area (Å²) in [7, 11) is 0. The number of unbranched alkanes of at least 4 members (excludes halogenated alkanes) is 12. The Morgan fingerprint density at radius 2 is 1.04 bits per heavy atom. The SMILES string of the molecule is CCCCCCCCCCCCC1CCN(CCCCCC)CC1. The molecule has 0 bridgehead atoms. The van der Waals surface area contributed by atoms with E-state index < -0.39 is 0 Å². The second-order valence-corrected chi connectivity index (χ2v) is 8.32. The van der Waals surface area contributed by atoms with Crippen LogP contribution in [0.15, 0.2) is 0 Å². The molecule has 1 aliphatic heterocycles. The van der Waals surface area contributed by atoms with E-state index in [9.17, 15) is 0 Å². The Kier molecular flexibility index (Phi) is 15.1. The van der Waals surface area contributed by atoms with Crippen molar-refractivity contribution in [2.75, 3.05) is 19.6 Å². The third-order valence-corrected chi connectivity index (χ3v) is 6.00. The van der Waals surface area contributed by atoms with Gasteiger partial charge in [-0.2, -0.15) is 0 Å². The highest BCUT2D eigenvalue weighted by Gasteiger charge is 2.18. The van der Waals surface area contributed by atoms with E-state index >= 15 is 0 Å². The van der Waals surface area contributed by atoms with Crippen LogP contribution >= 0.6 is 0 Å². The minimum Gasteiger partial charge on any atom is -0.303 e. The van der Waals surface area contributed by atoms with Crippen LogP contribution in [-0.4, -0.2) is 24.5 Å². The van der Waals surface area contributed by atoms with E-state index in [1.165, 1.54) is 129 Å². The summed E-state index contributed by atoms with van der Waals surface area (Å²) in [4.78, 5) is 2.73. The van der Waals surface area contributed by atoms with Crippen molar-refractivity contribution in [3.8, 4) is 0 Å². The standard InChI is InChI=1S/C23H47N/c1-3-5-7-9-10-11-12-13-14-15-17-23-18-21-24(22-19-23)20-16-8-6-4-2/h23H,3-22H2,1-2H3. The summed E-state index contributed by atoms with van der Waals surface area (Å²) in [5, 5.41) is 0. The van der Waals surface area contributed by atoms with Crippen molar-refractivity contribution in [2.24, 2.45) is 5.92 Å². The lowest BCUT2D eigenvalue weighted by molar-refractivity contribution is 0.174. The maximum atomic E-state index is 2.73. The van der Waals surface area contributed by atoms with Crippen molar-refractivity contribution in [3.05, 3.63) is 0 Å². The molecule has 144 valence electrons. The third kappa shape index (κ3) is 12.3. The van der Waals surface area contributed by atoms with Gasteiger partial charge in [-0.1, -0.05) is 104 Å². The summed E-state index contributed by atoms with van der Waals surface area (Å²) in [6.07, 6.45) is 24.8. The van der Waals surface area contributed by atoms with Crippen molar-refractivity contribution in [1.82, 2.24) is 4.90 Å². The first-order chi connectivity index (χ1) is 11.9. The summed E-state index contributed by atoms with van der Waals surface area (Å²) in [6, 6.07) is 0. The molecule has 0 unspecified atom stereocenters. The normalized spacial score (nSPS) is 16.8. The molecule has 0 radical (unpaired) electrons. The maximum absolute atomic E-state index is 2.73. The molecule has 0 amide bonds. The molecule has 1 heterocycles. The minimum atomic E-state index is 1.05. The first-order valence-corrected chi connectivity index (χ1v) is 11.6. The van der Waals surface area contributed by atoms with E-state index in [1.807, 2.05) is 0 Å². The Morgan fingerprint density at radius 1 is 0.583 bits per heavy atom. The zero-order valence-electron chi connectivity index (χ0n) is 17.2. The Hall–Kier alpha value is -0.0400. The lowest BCUT2D eigenvalue weighted by atomic mass is 9.91. The highest BCUT2D eigenvalue weighted by atomic mass is 15.1. The van der Waals surface area contributed by atoms with Gasteiger partial charge in [0.25, 0.3) is 0 Å². The number of piperidine rings is 1. The van der Waals surface area contributed by atoms with Gasteiger partial charge in [-0.3, -0.25) is 0 Å². The Bertz CT molecular complexity index is 242. The van der Waals surface area contributed by atoms with E-state index in [0.29, 0.717) is 0 Å². The molecular weight excluding hydrogens is 290 g/mol. The highest BCUT2D eigenvalue weighted by molar-refractivity contribution is 4.72. The second-order valence-electron chi connectivity index (χ2n) is 8.32. The molecule has 1 aliphatic rings. The lowest BCUT2D eigenvalue weighted by Gasteiger charge is -2.32. The van der Waals surface area contributed by atoms with Crippen LogP contribution in [0.1, 0.15) is 123 Å². The monoisotopic (exact) mass is 337 g/mol.